The van der Waals surface area contributed by atoms with Gasteiger partial charge in [0.15, 0.2) is 0 Å². The van der Waals surface area contributed by atoms with E-state index < -0.39 is 5.97 Å². The molecule has 0 unspecified atom stereocenters. The fraction of sp³-hybridized carbons (Fsp3) is 0.125. The molecule has 3 rings (SSSR count). The highest BCUT2D eigenvalue weighted by Crippen LogP contribution is 2.26. The van der Waals surface area contributed by atoms with Crippen molar-refractivity contribution in [2.24, 2.45) is 0 Å². The summed E-state index contributed by atoms with van der Waals surface area (Å²) in [5.74, 6) is -0.266. The van der Waals surface area contributed by atoms with Crippen LogP contribution in [0.5, 0.6) is 0 Å². The van der Waals surface area contributed by atoms with Crippen LogP contribution < -0.4 is 5.73 Å². The number of rotatable bonds is 3. The minimum atomic E-state index is -0.903. The van der Waals surface area contributed by atoms with E-state index in [-0.39, 0.29) is 6.54 Å². The summed E-state index contributed by atoms with van der Waals surface area (Å²) in [6.07, 6.45) is 0. The number of hydrogen-bond donors (Lipinski definition) is 2. The molecule has 0 aliphatic rings. The molecule has 0 atom stereocenters. The normalized spacial score (nSPS) is 10.9. The summed E-state index contributed by atoms with van der Waals surface area (Å²) >= 11 is 0. The van der Waals surface area contributed by atoms with Crippen LogP contribution in [0.25, 0.3) is 22.4 Å². The van der Waals surface area contributed by atoms with E-state index in [1.165, 1.54) is 0 Å². The quantitative estimate of drug-likeness (QED) is 0.723. The fourth-order valence-corrected chi connectivity index (χ4v) is 2.37. The lowest BCUT2D eigenvalue weighted by Gasteiger charge is -2.06. The van der Waals surface area contributed by atoms with Crippen molar-refractivity contribution in [2.45, 2.75) is 13.5 Å². The Labute approximate surface area is 121 Å². The van der Waals surface area contributed by atoms with Crippen LogP contribution in [0, 0.1) is 6.92 Å². The highest BCUT2D eigenvalue weighted by Gasteiger charge is 2.14. The van der Waals surface area contributed by atoms with Crippen LogP contribution in [0.2, 0.25) is 0 Å². The molecule has 3 aromatic rings. The van der Waals surface area contributed by atoms with Gasteiger partial charge in [0.05, 0.1) is 11.0 Å². The van der Waals surface area contributed by atoms with E-state index in [0.717, 1.165) is 16.6 Å². The van der Waals surface area contributed by atoms with Gasteiger partial charge in [0, 0.05) is 11.3 Å². The minimum absolute atomic E-state index is 0.135. The van der Waals surface area contributed by atoms with Crippen LogP contribution in [0.4, 0.5) is 5.69 Å². The van der Waals surface area contributed by atoms with Crippen molar-refractivity contribution in [1.29, 1.82) is 0 Å². The van der Waals surface area contributed by atoms with E-state index in [1.54, 1.807) is 22.8 Å². The van der Waals surface area contributed by atoms with Gasteiger partial charge >= 0.3 is 5.97 Å². The number of fused-ring (bicyclic) bond motifs is 1. The molecule has 5 nitrogen and oxygen atoms in total. The Bertz CT molecular complexity index is 819. The van der Waals surface area contributed by atoms with E-state index in [4.69, 9.17) is 10.8 Å². The molecule has 0 amide bonds. The number of carbonyl (C=O) groups is 1. The van der Waals surface area contributed by atoms with E-state index in [2.05, 4.69) is 4.98 Å². The average molecular weight is 281 g/mol. The third-order valence-corrected chi connectivity index (χ3v) is 3.38. The van der Waals surface area contributed by atoms with Gasteiger partial charge in [-0.1, -0.05) is 29.8 Å². The average Bonchev–Trinajstić information content (AvgIpc) is 2.77. The molecule has 0 spiro atoms. The van der Waals surface area contributed by atoms with Gasteiger partial charge in [0.25, 0.3) is 0 Å². The van der Waals surface area contributed by atoms with Crippen molar-refractivity contribution in [3.63, 3.8) is 0 Å². The summed E-state index contributed by atoms with van der Waals surface area (Å²) in [5.41, 5.74) is 9.88. The Morgan fingerprint density at radius 1 is 1.24 bits per heavy atom. The number of aliphatic carboxylic acids is 1. The SMILES string of the molecule is Cc1ccc(-c2nc3cc(N)ccc3n2CC(=O)O)cc1. The lowest BCUT2D eigenvalue weighted by atomic mass is 10.1. The van der Waals surface area contributed by atoms with Gasteiger partial charge in [0.2, 0.25) is 0 Å². The molecule has 0 saturated heterocycles. The van der Waals surface area contributed by atoms with Crippen molar-refractivity contribution in [3.05, 3.63) is 48.0 Å². The van der Waals surface area contributed by atoms with Crippen molar-refractivity contribution in [3.8, 4) is 11.4 Å². The van der Waals surface area contributed by atoms with Crippen LogP contribution in [-0.2, 0) is 11.3 Å². The van der Waals surface area contributed by atoms with Crippen LogP contribution in [0.1, 0.15) is 5.56 Å². The highest BCUT2D eigenvalue weighted by molar-refractivity contribution is 5.85. The van der Waals surface area contributed by atoms with Gasteiger partial charge in [-0.3, -0.25) is 4.79 Å². The molecule has 0 fully saturated rings. The number of anilines is 1. The van der Waals surface area contributed by atoms with Gasteiger partial charge in [-0.2, -0.15) is 0 Å². The van der Waals surface area contributed by atoms with Gasteiger partial charge in [-0.15, -0.1) is 0 Å². The Kier molecular flexibility index (Phi) is 3.10. The molecular formula is C16H15N3O2. The zero-order valence-corrected chi connectivity index (χ0v) is 11.6. The largest absolute Gasteiger partial charge is 0.480 e. The maximum absolute atomic E-state index is 11.1. The molecule has 3 N–H and O–H groups in total. The summed E-state index contributed by atoms with van der Waals surface area (Å²) in [7, 11) is 0. The Morgan fingerprint density at radius 3 is 2.62 bits per heavy atom. The molecule has 2 aromatic carbocycles. The molecule has 0 bridgehead atoms. The third-order valence-electron chi connectivity index (χ3n) is 3.38. The van der Waals surface area contributed by atoms with E-state index in [1.807, 2.05) is 31.2 Å². The molecule has 106 valence electrons. The third kappa shape index (κ3) is 2.45. The van der Waals surface area contributed by atoms with Crippen LogP contribution >= 0.6 is 0 Å². The number of nitrogen functional groups attached to an aromatic ring is 1. The summed E-state index contributed by atoms with van der Waals surface area (Å²) in [5, 5.41) is 9.14. The summed E-state index contributed by atoms with van der Waals surface area (Å²) in [6.45, 7) is 1.87. The number of aryl methyl sites for hydroxylation is 1. The van der Waals surface area contributed by atoms with Crippen molar-refractivity contribution in [2.75, 3.05) is 5.73 Å². The number of aromatic nitrogens is 2. The number of hydrogen-bond acceptors (Lipinski definition) is 3. The first kappa shape index (κ1) is 13.2. The maximum atomic E-state index is 11.1. The second-order valence-corrected chi connectivity index (χ2v) is 5.03. The topological polar surface area (TPSA) is 81.1 Å². The second kappa shape index (κ2) is 4.94. The number of nitrogens with two attached hydrogens (primary N) is 1. The first-order valence-electron chi connectivity index (χ1n) is 6.59. The summed E-state index contributed by atoms with van der Waals surface area (Å²) < 4.78 is 1.70. The minimum Gasteiger partial charge on any atom is -0.480 e. The number of imidazole rings is 1. The number of nitrogens with zero attached hydrogens (tertiary/aromatic N) is 2. The van der Waals surface area contributed by atoms with Gasteiger partial charge in [0.1, 0.15) is 12.4 Å². The second-order valence-electron chi connectivity index (χ2n) is 5.03. The first-order valence-corrected chi connectivity index (χ1v) is 6.59. The molecule has 5 heteroatoms. The Balaban J connectivity index is 2.24. The fourth-order valence-electron chi connectivity index (χ4n) is 2.37. The number of carboxylic acid groups (broad SMARTS) is 1. The molecule has 21 heavy (non-hydrogen) atoms. The lowest BCUT2D eigenvalue weighted by Crippen LogP contribution is -2.10. The van der Waals surface area contributed by atoms with Crippen molar-refractivity contribution in [1.82, 2.24) is 9.55 Å². The predicted molar refractivity (Wildman–Crippen MR) is 82.0 cm³/mol. The van der Waals surface area contributed by atoms with Crippen LogP contribution in [0.15, 0.2) is 42.5 Å². The maximum Gasteiger partial charge on any atom is 0.323 e. The van der Waals surface area contributed by atoms with Crippen molar-refractivity contribution >= 4 is 22.7 Å². The van der Waals surface area contributed by atoms with Gasteiger partial charge < -0.3 is 15.4 Å². The molecule has 0 aliphatic carbocycles. The molecule has 0 radical (unpaired) electrons. The number of benzene rings is 2. The van der Waals surface area contributed by atoms with Crippen molar-refractivity contribution < 1.29 is 9.90 Å². The monoisotopic (exact) mass is 281 g/mol. The Morgan fingerprint density at radius 2 is 1.95 bits per heavy atom. The van der Waals surface area contributed by atoms with E-state index >= 15 is 0 Å². The van der Waals surface area contributed by atoms with Gasteiger partial charge in [-0.25, -0.2) is 4.98 Å². The molecule has 1 aromatic heterocycles. The summed E-state index contributed by atoms with van der Waals surface area (Å²) in [4.78, 5) is 15.7. The van der Waals surface area contributed by atoms with E-state index in [0.29, 0.717) is 17.0 Å². The lowest BCUT2D eigenvalue weighted by molar-refractivity contribution is -0.137. The van der Waals surface area contributed by atoms with Crippen LogP contribution in [0.3, 0.4) is 0 Å². The predicted octanol–water partition coefficient (Wildman–Crippen LogP) is 2.68. The molecule has 0 saturated carbocycles. The summed E-state index contributed by atoms with van der Waals surface area (Å²) in [6, 6.07) is 13.2. The van der Waals surface area contributed by atoms with Crippen LogP contribution in [-0.4, -0.2) is 20.6 Å². The van der Waals surface area contributed by atoms with Gasteiger partial charge in [-0.05, 0) is 25.1 Å². The molecule has 1 heterocycles. The zero-order valence-electron chi connectivity index (χ0n) is 11.6. The molecule has 0 aliphatic heterocycles. The zero-order chi connectivity index (χ0) is 15.0. The van der Waals surface area contributed by atoms with E-state index in [9.17, 15) is 4.79 Å². The first-order chi connectivity index (χ1) is 10.0. The Hall–Kier alpha value is -2.82. The smallest absolute Gasteiger partial charge is 0.323 e. The number of carboxylic acids is 1. The molecular weight excluding hydrogens is 266 g/mol. The highest BCUT2D eigenvalue weighted by atomic mass is 16.4. The standard InChI is InChI=1S/C16H15N3O2/c1-10-2-4-11(5-3-10)16-18-13-8-12(17)6-7-14(13)19(16)9-15(20)21/h2-8H,9,17H2,1H3,(H,20,21).